The SMILES string of the molecule is CNC(=O)C(C)(COCCN(C)C(=O)OCc1ccccc1)c1cccc(C)c1. The van der Waals surface area contributed by atoms with Crippen molar-refractivity contribution >= 4 is 12.0 Å². The van der Waals surface area contributed by atoms with E-state index < -0.39 is 11.5 Å². The number of amides is 2. The number of hydrogen-bond acceptors (Lipinski definition) is 4. The van der Waals surface area contributed by atoms with Gasteiger partial charge in [-0.3, -0.25) is 4.79 Å². The number of aryl methyl sites for hydroxylation is 1. The van der Waals surface area contributed by atoms with Crippen LogP contribution in [0.4, 0.5) is 4.79 Å². The van der Waals surface area contributed by atoms with E-state index in [-0.39, 0.29) is 19.1 Å². The second-order valence-corrected chi connectivity index (χ2v) is 7.30. The topological polar surface area (TPSA) is 67.9 Å². The molecule has 0 aromatic heterocycles. The normalized spacial score (nSPS) is 12.7. The molecule has 0 saturated heterocycles. The summed E-state index contributed by atoms with van der Waals surface area (Å²) in [6.45, 7) is 4.96. The van der Waals surface area contributed by atoms with Gasteiger partial charge in [0.2, 0.25) is 5.91 Å². The Balaban J connectivity index is 1.84. The molecule has 2 amide bonds. The molecule has 0 aliphatic heterocycles. The highest BCUT2D eigenvalue weighted by molar-refractivity contribution is 5.87. The third-order valence-electron chi connectivity index (χ3n) is 4.86. The number of carbonyl (C=O) groups is 2. The van der Waals surface area contributed by atoms with E-state index in [1.807, 2.05) is 68.4 Å². The van der Waals surface area contributed by atoms with Gasteiger partial charge >= 0.3 is 6.09 Å². The van der Waals surface area contributed by atoms with E-state index in [0.29, 0.717) is 13.2 Å². The quantitative estimate of drug-likeness (QED) is 0.658. The number of nitrogens with zero attached hydrogens (tertiary/aromatic N) is 1. The van der Waals surface area contributed by atoms with E-state index in [1.165, 1.54) is 4.90 Å². The molecule has 0 saturated carbocycles. The first-order valence-electron chi connectivity index (χ1n) is 9.65. The van der Waals surface area contributed by atoms with Crippen molar-refractivity contribution in [3.05, 3.63) is 71.3 Å². The van der Waals surface area contributed by atoms with Crippen LogP contribution < -0.4 is 5.32 Å². The lowest BCUT2D eigenvalue weighted by molar-refractivity contribution is -0.128. The molecule has 0 fully saturated rings. The zero-order chi connectivity index (χ0) is 21.3. The highest BCUT2D eigenvalue weighted by Crippen LogP contribution is 2.25. The lowest BCUT2D eigenvalue weighted by atomic mass is 9.81. The predicted octanol–water partition coefficient (Wildman–Crippen LogP) is 3.28. The molecule has 0 aliphatic carbocycles. The first-order valence-corrected chi connectivity index (χ1v) is 9.65. The molecule has 29 heavy (non-hydrogen) atoms. The monoisotopic (exact) mass is 398 g/mol. The smallest absolute Gasteiger partial charge is 0.409 e. The second-order valence-electron chi connectivity index (χ2n) is 7.30. The molecule has 156 valence electrons. The number of benzene rings is 2. The summed E-state index contributed by atoms with van der Waals surface area (Å²) >= 11 is 0. The summed E-state index contributed by atoms with van der Waals surface area (Å²) < 4.78 is 11.1. The van der Waals surface area contributed by atoms with Crippen LogP contribution >= 0.6 is 0 Å². The third-order valence-corrected chi connectivity index (χ3v) is 4.86. The first-order chi connectivity index (χ1) is 13.9. The van der Waals surface area contributed by atoms with Gasteiger partial charge in [-0.2, -0.15) is 0 Å². The van der Waals surface area contributed by atoms with Crippen molar-refractivity contribution in [3.8, 4) is 0 Å². The lowest BCUT2D eigenvalue weighted by Crippen LogP contribution is -2.44. The summed E-state index contributed by atoms with van der Waals surface area (Å²) in [6.07, 6.45) is -0.412. The van der Waals surface area contributed by atoms with Crippen molar-refractivity contribution in [1.82, 2.24) is 10.2 Å². The van der Waals surface area contributed by atoms with Crippen LogP contribution in [0.15, 0.2) is 54.6 Å². The molecule has 0 spiro atoms. The Labute approximate surface area is 172 Å². The average Bonchev–Trinajstić information content (AvgIpc) is 2.74. The second kappa shape index (κ2) is 10.6. The fourth-order valence-electron chi connectivity index (χ4n) is 2.94. The van der Waals surface area contributed by atoms with E-state index in [0.717, 1.165) is 16.7 Å². The summed E-state index contributed by atoms with van der Waals surface area (Å²) in [4.78, 5) is 26.1. The Morgan fingerprint density at radius 1 is 1.10 bits per heavy atom. The maximum Gasteiger partial charge on any atom is 0.409 e. The average molecular weight is 399 g/mol. The van der Waals surface area contributed by atoms with Crippen LogP contribution in [-0.2, 0) is 26.3 Å². The standard InChI is InChI=1S/C23H30N2O4/c1-18-9-8-12-20(15-18)23(2,21(26)24-3)17-28-14-13-25(4)22(27)29-16-19-10-6-5-7-11-19/h5-12,15H,13-14,16-17H2,1-4H3,(H,24,26). The maximum absolute atomic E-state index is 12.5. The van der Waals surface area contributed by atoms with Crippen molar-refractivity contribution in [3.63, 3.8) is 0 Å². The summed E-state index contributed by atoms with van der Waals surface area (Å²) in [5.41, 5.74) is 2.10. The van der Waals surface area contributed by atoms with Crippen LogP contribution in [0, 0.1) is 6.92 Å². The number of nitrogens with one attached hydrogen (secondary N) is 1. The van der Waals surface area contributed by atoms with Crippen molar-refractivity contribution in [2.75, 3.05) is 33.9 Å². The molecular weight excluding hydrogens is 368 g/mol. The Bertz CT molecular complexity index is 810. The van der Waals surface area contributed by atoms with Crippen LogP contribution in [0.1, 0.15) is 23.6 Å². The number of hydrogen-bond donors (Lipinski definition) is 1. The minimum absolute atomic E-state index is 0.112. The van der Waals surface area contributed by atoms with Gasteiger partial charge in [-0.1, -0.05) is 60.2 Å². The molecule has 0 bridgehead atoms. The predicted molar refractivity (Wildman–Crippen MR) is 113 cm³/mol. The van der Waals surface area contributed by atoms with Crippen LogP contribution in [0.25, 0.3) is 0 Å². The Morgan fingerprint density at radius 2 is 1.83 bits per heavy atom. The van der Waals surface area contributed by atoms with Gasteiger partial charge in [0.25, 0.3) is 0 Å². The van der Waals surface area contributed by atoms with Crippen molar-refractivity contribution < 1.29 is 19.1 Å². The van der Waals surface area contributed by atoms with Crippen LogP contribution in [-0.4, -0.2) is 50.8 Å². The molecule has 2 aromatic carbocycles. The van der Waals surface area contributed by atoms with Crippen molar-refractivity contribution in [2.45, 2.75) is 25.9 Å². The molecule has 1 atom stereocenters. The first kappa shape index (κ1) is 22.4. The highest BCUT2D eigenvalue weighted by atomic mass is 16.6. The highest BCUT2D eigenvalue weighted by Gasteiger charge is 2.35. The summed E-state index contributed by atoms with van der Waals surface area (Å²) in [6, 6.07) is 17.4. The van der Waals surface area contributed by atoms with Gasteiger partial charge in [-0.15, -0.1) is 0 Å². The molecule has 2 aromatic rings. The number of carbonyl (C=O) groups excluding carboxylic acids is 2. The largest absolute Gasteiger partial charge is 0.445 e. The third kappa shape index (κ3) is 6.32. The summed E-state index contributed by atoms with van der Waals surface area (Å²) in [5.74, 6) is -0.112. The lowest BCUT2D eigenvalue weighted by Gasteiger charge is -2.28. The Hall–Kier alpha value is -2.86. The minimum atomic E-state index is -0.812. The number of rotatable bonds is 9. The van der Waals surface area contributed by atoms with Crippen LogP contribution in [0.3, 0.4) is 0 Å². The Kier molecular flexibility index (Phi) is 8.21. The van der Waals surface area contributed by atoms with E-state index >= 15 is 0 Å². The molecule has 2 rings (SSSR count). The molecule has 0 aliphatic rings. The van der Waals surface area contributed by atoms with Gasteiger partial charge in [0.05, 0.1) is 18.6 Å². The fourth-order valence-corrected chi connectivity index (χ4v) is 2.94. The molecule has 1 unspecified atom stereocenters. The van der Waals surface area contributed by atoms with E-state index in [1.54, 1.807) is 14.1 Å². The zero-order valence-corrected chi connectivity index (χ0v) is 17.6. The van der Waals surface area contributed by atoms with Crippen molar-refractivity contribution in [1.29, 1.82) is 0 Å². The van der Waals surface area contributed by atoms with Crippen LogP contribution in [0.5, 0.6) is 0 Å². The van der Waals surface area contributed by atoms with E-state index in [9.17, 15) is 9.59 Å². The van der Waals surface area contributed by atoms with Crippen molar-refractivity contribution in [2.24, 2.45) is 0 Å². The maximum atomic E-state index is 12.5. The molecule has 0 radical (unpaired) electrons. The molecule has 0 heterocycles. The molecule has 6 nitrogen and oxygen atoms in total. The minimum Gasteiger partial charge on any atom is -0.445 e. The van der Waals surface area contributed by atoms with Crippen LogP contribution in [0.2, 0.25) is 0 Å². The van der Waals surface area contributed by atoms with Gasteiger partial charge in [0, 0.05) is 20.6 Å². The van der Waals surface area contributed by atoms with Gasteiger partial charge in [0.1, 0.15) is 6.61 Å². The molecular formula is C23H30N2O4. The van der Waals surface area contributed by atoms with Gasteiger partial charge in [0.15, 0.2) is 0 Å². The van der Waals surface area contributed by atoms with E-state index in [4.69, 9.17) is 9.47 Å². The van der Waals surface area contributed by atoms with E-state index in [2.05, 4.69) is 5.32 Å². The molecule has 1 N–H and O–H groups in total. The fraction of sp³-hybridized carbons (Fsp3) is 0.391. The van der Waals surface area contributed by atoms with Gasteiger partial charge in [-0.25, -0.2) is 4.79 Å². The number of ether oxygens (including phenoxy) is 2. The summed E-state index contributed by atoms with van der Waals surface area (Å²) in [5, 5.41) is 2.72. The Morgan fingerprint density at radius 3 is 2.48 bits per heavy atom. The zero-order valence-electron chi connectivity index (χ0n) is 17.6. The van der Waals surface area contributed by atoms with Gasteiger partial charge < -0.3 is 19.7 Å². The van der Waals surface area contributed by atoms with Gasteiger partial charge in [-0.05, 0) is 25.0 Å². The summed E-state index contributed by atoms with van der Waals surface area (Å²) in [7, 11) is 3.28. The number of likely N-dealkylation sites (N-methyl/N-ethyl adjacent to an activating group) is 2. The molecule has 6 heteroatoms.